The van der Waals surface area contributed by atoms with Crippen molar-refractivity contribution in [1.82, 2.24) is 0 Å². The highest BCUT2D eigenvalue weighted by Crippen LogP contribution is 2.42. The minimum Gasteiger partial charge on any atom is -0.349 e. The monoisotopic (exact) mass is 499 g/mol. The van der Waals surface area contributed by atoms with Gasteiger partial charge in [0.15, 0.2) is 0 Å². The zero-order chi connectivity index (χ0) is 21.5. The minimum absolute atomic E-state index is 0.501. The number of rotatable bonds is 5. The van der Waals surface area contributed by atoms with Crippen LogP contribution >= 0.6 is 46.3 Å². The van der Waals surface area contributed by atoms with Crippen LogP contribution in [0.15, 0.2) is 58.0 Å². The van der Waals surface area contributed by atoms with E-state index in [2.05, 4.69) is 5.32 Å². The normalized spacial score (nSPS) is 15.6. The largest absolute Gasteiger partial charge is 0.349 e. The molecule has 1 aliphatic rings. The van der Waals surface area contributed by atoms with Gasteiger partial charge < -0.3 is 5.32 Å². The fourth-order valence-corrected chi connectivity index (χ4v) is 6.19. The number of nitrogens with zero attached hydrogens (tertiary/aromatic N) is 1. The van der Waals surface area contributed by atoms with Gasteiger partial charge in [0.1, 0.15) is 4.70 Å². The molecule has 3 aromatic rings. The van der Waals surface area contributed by atoms with Crippen LogP contribution in [0.5, 0.6) is 0 Å². The highest BCUT2D eigenvalue weighted by atomic mass is 35.5. The van der Waals surface area contributed by atoms with Crippen molar-refractivity contribution in [3.8, 4) is 0 Å². The molecule has 0 spiro atoms. The number of benzene rings is 2. The van der Waals surface area contributed by atoms with Gasteiger partial charge >= 0.3 is 10.1 Å². The first-order chi connectivity index (χ1) is 14.2. The Morgan fingerprint density at radius 3 is 2.67 bits per heavy atom. The summed E-state index contributed by atoms with van der Waals surface area (Å²) in [4.78, 5) is 1.10. The number of halogens is 2. The second-order valence-corrected chi connectivity index (χ2v) is 11.1. The van der Waals surface area contributed by atoms with Crippen LogP contribution in [0.4, 0.5) is 5.69 Å². The number of anilines is 1. The lowest BCUT2D eigenvalue weighted by Crippen LogP contribution is -2.39. The van der Waals surface area contributed by atoms with E-state index in [-0.39, 0.29) is 0 Å². The minimum atomic E-state index is -4.23. The lowest BCUT2D eigenvalue weighted by molar-refractivity contribution is -0.649. The molecule has 0 amide bonds. The molecule has 5 nitrogen and oxygen atoms in total. The van der Waals surface area contributed by atoms with Crippen LogP contribution in [0.3, 0.4) is 0 Å². The maximum Gasteiger partial charge on any atom is 0.326 e. The Morgan fingerprint density at radius 2 is 1.93 bits per heavy atom. The van der Waals surface area contributed by atoms with Crippen LogP contribution in [0.1, 0.15) is 18.4 Å². The fraction of sp³-hybridized carbons (Fsp3) is 0.150. The van der Waals surface area contributed by atoms with Gasteiger partial charge in [-0.15, -0.1) is 0 Å². The maximum absolute atomic E-state index is 11.6. The van der Waals surface area contributed by atoms with Gasteiger partial charge in [-0.1, -0.05) is 53.2 Å². The summed E-state index contributed by atoms with van der Waals surface area (Å²) < 4.78 is 35.1. The molecule has 2 heterocycles. The molecule has 0 atom stereocenters. The van der Waals surface area contributed by atoms with Gasteiger partial charge in [0.25, 0.3) is 10.9 Å². The molecular weight excluding hydrogens is 483 g/mol. The van der Waals surface area contributed by atoms with Crippen molar-refractivity contribution in [3.05, 3.63) is 68.1 Å². The molecule has 2 aromatic carbocycles. The molecule has 0 unspecified atom stereocenters. The summed E-state index contributed by atoms with van der Waals surface area (Å²) in [6, 6.07) is 11.0. The van der Waals surface area contributed by atoms with Crippen LogP contribution in [0.2, 0.25) is 10.0 Å². The molecule has 0 saturated carbocycles. The second kappa shape index (κ2) is 8.53. The van der Waals surface area contributed by atoms with E-state index in [0.717, 1.165) is 32.3 Å². The average Bonchev–Trinajstić information content (AvgIpc) is 3.20. The molecule has 2 N–H and O–H groups in total. The topological polar surface area (TPSA) is 70.3 Å². The Labute approximate surface area is 192 Å². The highest BCUT2D eigenvalue weighted by Gasteiger charge is 2.25. The molecule has 4 rings (SSSR count). The average molecular weight is 500 g/mol. The lowest BCUT2D eigenvalue weighted by Gasteiger charge is -2.01. The summed E-state index contributed by atoms with van der Waals surface area (Å²) in [7, 11) is -4.23. The number of thiazole rings is 1. The molecule has 0 radical (unpaired) electrons. The van der Waals surface area contributed by atoms with Gasteiger partial charge in [-0.3, -0.25) is 4.55 Å². The molecule has 1 aromatic heterocycles. The number of fused-ring (bicyclic) bond motifs is 2. The van der Waals surface area contributed by atoms with Crippen LogP contribution in [0.25, 0.3) is 16.3 Å². The van der Waals surface area contributed by atoms with Crippen molar-refractivity contribution in [2.24, 2.45) is 0 Å². The molecule has 0 bridgehead atoms. The van der Waals surface area contributed by atoms with Crippen LogP contribution in [-0.4, -0.2) is 13.0 Å². The maximum atomic E-state index is 11.6. The highest BCUT2D eigenvalue weighted by molar-refractivity contribution is 8.03. The number of nitrogens with one attached hydrogen (secondary N) is 1. The Balaban J connectivity index is 1.75. The van der Waals surface area contributed by atoms with E-state index in [0.29, 0.717) is 20.6 Å². The van der Waals surface area contributed by atoms with Gasteiger partial charge in [-0.05, 0) is 48.4 Å². The molecule has 10 heteroatoms. The molecule has 1 aliphatic heterocycles. The zero-order valence-electron chi connectivity index (χ0n) is 15.7. The third-order valence-corrected chi connectivity index (χ3v) is 7.62. The SMILES string of the molecule is CCC(=Cc1sc2ccc(Cl)cc2[n+]1CS(=O)(=O)O)C=C1Nc2cc(Cl)ccc2S1. The van der Waals surface area contributed by atoms with E-state index in [4.69, 9.17) is 23.2 Å². The van der Waals surface area contributed by atoms with Gasteiger partial charge in [0.2, 0.25) is 5.52 Å². The van der Waals surface area contributed by atoms with Crippen molar-refractivity contribution in [3.63, 3.8) is 0 Å². The van der Waals surface area contributed by atoms with E-state index >= 15 is 0 Å². The third-order valence-electron chi connectivity index (χ3n) is 4.44. The Bertz CT molecular complexity index is 1310. The van der Waals surface area contributed by atoms with Gasteiger partial charge in [0.05, 0.1) is 10.7 Å². The Hall–Kier alpha value is -1.55. The third kappa shape index (κ3) is 4.85. The van der Waals surface area contributed by atoms with E-state index < -0.39 is 16.0 Å². The van der Waals surface area contributed by atoms with Crippen molar-refractivity contribution >= 4 is 78.4 Å². The number of hydrogen-bond acceptors (Lipinski definition) is 5. The number of hydrogen-bond donors (Lipinski definition) is 2. The lowest BCUT2D eigenvalue weighted by atomic mass is 10.2. The standard InChI is InChI=1S/C20H16Cl2N2O3S3/c1-2-12(7-19-23-15-9-13(21)3-5-17(15)28-19)8-20-24(11-30(25,26)27)16-10-14(22)4-6-18(16)29-20/h3-10H,2,11H2,1H3,(H,25,26,27)/p+1. The Morgan fingerprint density at radius 1 is 1.20 bits per heavy atom. The van der Waals surface area contributed by atoms with E-state index in [9.17, 15) is 13.0 Å². The first-order valence-electron chi connectivity index (χ1n) is 8.95. The molecular formula is C20H17Cl2N2O3S3+. The van der Waals surface area contributed by atoms with Crippen molar-refractivity contribution in [1.29, 1.82) is 0 Å². The van der Waals surface area contributed by atoms with Gasteiger partial charge in [0, 0.05) is 27.1 Å². The molecule has 30 heavy (non-hydrogen) atoms. The number of thioether (sulfide) groups is 1. The first kappa shape index (κ1) is 21.7. The summed E-state index contributed by atoms with van der Waals surface area (Å²) in [5.74, 6) is -0.538. The predicted molar refractivity (Wildman–Crippen MR) is 126 cm³/mol. The summed E-state index contributed by atoms with van der Waals surface area (Å²) in [6.45, 7) is 2.03. The van der Waals surface area contributed by atoms with Crippen LogP contribution in [0, 0.1) is 0 Å². The summed E-state index contributed by atoms with van der Waals surface area (Å²) in [5, 5.41) is 6.20. The zero-order valence-corrected chi connectivity index (χ0v) is 19.7. The summed E-state index contributed by atoms with van der Waals surface area (Å²) in [6.07, 6.45) is 4.71. The summed E-state index contributed by atoms with van der Waals surface area (Å²) >= 11 is 15.2. The fourth-order valence-electron chi connectivity index (χ4n) is 3.08. The molecule has 156 valence electrons. The van der Waals surface area contributed by atoms with Crippen molar-refractivity contribution in [2.45, 2.75) is 24.1 Å². The smallest absolute Gasteiger partial charge is 0.326 e. The number of aromatic nitrogens is 1. The first-order valence-corrected chi connectivity index (χ1v) is 13.0. The van der Waals surface area contributed by atoms with Gasteiger partial charge in [-0.25, -0.2) is 0 Å². The molecule has 0 saturated heterocycles. The number of allylic oxidation sites excluding steroid dienone is 2. The van der Waals surface area contributed by atoms with E-state index in [1.165, 1.54) is 11.3 Å². The van der Waals surface area contributed by atoms with E-state index in [1.54, 1.807) is 28.5 Å². The van der Waals surface area contributed by atoms with Crippen LogP contribution in [-0.2, 0) is 16.0 Å². The second-order valence-electron chi connectivity index (χ2n) is 6.64. The van der Waals surface area contributed by atoms with Crippen molar-refractivity contribution < 1.29 is 17.5 Å². The molecule has 0 fully saturated rings. The van der Waals surface area contributed by atoms with Crippen LogP contribution < -0.4 is 9.88 Å². The predicted octanol–water partition coefficient (Wildman–Crippen LogP) is 6.19. The Kier molecular flexibility index (Phi) is 6.16. The molecule has 0 aliphatic carbocycles. The van der Waals surface area contributed by atoms with Crippen molar-refractivity contribution in [2.75, 3.05) is 5.32 Å². The quantitative estimate of drug-likeness (QED) is 0.323. The van der Waals surface area contributed by atoms with E-state index in [1.807, 2.05) is 43.3 Å². The summed E-state index contributed by atoms with van der Waals surface area (Å²) in [5.41, 5.74) is 2.63. The van der Waals surface area contributed by atoms with Gasteiger partial charge in [-0.2, -0.15) is 13.0 Å².